The van der Waals surface area contributed by atoms with E-state index in [9.17, 15) is 5.11 Å². The molecule has 2 nitrogen and oxygen atoms in total. The molecule has 1 N–H and O–H groups in total. The lowest BCUT2D eigenvalue weighted by atomic mass is 9.73. The number of rotatable bonds is 4. The van der Waals surface area contributed by atoms with Crippen molar-refractivity contribution in [3.63, 3.8) is 0 Å². The fourth-order valence-corrected chi connectivity index (χ4v) is 3.18. The number of hydrogen-bond acceptors (Lipinski definition) is 2. The molecule has 5 unspecified atom stereocenters. The van der Waals surface area contributed by atoms with Crippen molar-refractivity contribution in [2.24, 2.45) is 23.7 Å². The summed E-state index contributed by atoms with van der Waals surface area (Å²) in [4.78, 5) is 2.42. The van der Waals surface area contributed by atoms with E-state index in [2.05, 4.69) is 46.6 Å². The highest BCUT2D eigenvalue weighted by atomic mass is 16.3. The van der Waals surface area contributed by atoms with Crippen molar-refractivity contribution in [3.05, 3.63) is 0 Å². The van der Waals surface area contributed by atoms with Crippen LogP contribution in [0.1, 0.15) is 47.5 Å². The lowest BCUT2D eigenvalue weighted by Gasteiger charge is -2.40. The Morgan fingerprint density at radius 2 is 1.76 bits per heavy atom. The van der Waals surface area contributed by atoms with Gasteiger partial charge in [-0.05, 0) is 44.6 Å². The molecule has 1 saturated carbocycles. The van der Waals surface area contributed by atoms with Gasteiger partial charge in [0.2, 0.25) is 0 Å². The molecule has 0 spiro atoms. The monoisotopic (exact) mass is 241 g/mol. The van der Waals surface area contributed by atoms with Gasteiger partial charge in [0.25, 0.3) is 0 Å². The van der Waals surface area contributed by atoms with E-state index in [1.807, 2.05) is 0 Å². The first-order chi connectivity index (χ1) is 7.82. The first-order valence-corrected chi connectivity index (χ1v) is 7.21. The number of nitrogens with zero attached hydrogens (tertiary/aromatic N) is 1. The molecule has 0 aromatic heterocycles. The van der Waals surface area contributed by atoms with Crippen LogP contribution < -0.4 is 0 Å². The van der Waals surface area contributed by atoms with E-state index < -0.39 is 0 Å². The quantitative estimate of drug-likeness (QED) is 0.818. The van der Waals surface area contributed by atoms with Crippen LogP contribution in [0.3, 0.4) is 0 Å². The Hall–Kier alpha value is -0.0800. The third kappa shape index (κ3) is 3.96. The molecule has 1 aliphatic carbocycles. The van der Waals surface area contributed by atoms with Crippen LogP contribution in [0.25, 0.3) is 0 Å². The molecule has 1 aliphatic rings. The molecule has 102 valence electrons. The second-order valence-electron chi connectivity index (χ2n) is 6.71. The maximum Gasteiger partial charge on any atom is 0.0585 e. The Balaban J connectivity index is 2.55. The van der Waals surface area contributed by atoms with Crippen LogP contribution in [0, 0.1) is 23.7 Å². The van der Waals surface area contributed by atoms with E-state index in [1.165, 1.54) is 6.42 Å². The Kier molecular flexibility index (Phi) is 5.46. The summed E-state index contributed by atoms with van der Waals surface area (Å²) in [6.07, 6.45) is 2.15. The van der Waals surface area contributed by atoms with Crippen LogP contribution in [0.15, 0.2) is 0 Å². The molecule has 0 aromatic rings. The highest BCUT2D eigenvalue weighted by Crippen LogP contribution is 2.34. The lowest BCUT2D eigenvalue weighted by molar-refractivity contribution is -0.00592. The summed E-state index contributed by atoms with van der Waals surface area (Å²) >= 11 is 0. The van der Waals surface area contributed by atoms with Crippen molar-refractivity contribution in [3.8, 4) is 0 Å². The average molecular weight is 241 g/mol. The van der Waals surface area contributed by atoms with Crippen LogP contribution in [0.5, 0.6) is 0 Å². The van der Waals surface area contributed by atoms with Crippen LogP contribution >= 0.6 is 0 Å². The molecular formula is C15H31NO. The lowest BCUT2D eigenvalue weighted by Crippen LogP contribution is -2.45. The van der Waals surface area contributed by atoms with Gasteiger partial charge < -0.3 is 10.0 Å². The minimum absolute atomic E-state index is 0.101. The molecule has 0 radical (unpaired) electrons. The molecule has 0 aromatic carbocycles. The van der Waals surface area contributed by atoms with E-state index in [-0.39, 0.29) is 6.10 Å². The molecule has 17 heavy (non-hydrogen) atoms. The van der Waals surface area contributed by atoms with Crippen molar-refractivity contribution in [2.75, 3.05) is 13.6 Å². The van der Waals surface area contributed by atoms with E-state index >= 15 is 0 Å². The number of aliphatic hydroxyl groups is 1. The molecule has 0 amide bonds. The zero-order valence-electron chi connectivity index (χ0n) is 12.5. The standard InChI is InChI=1S/C15H31NO/c1-10(2)13(5)16(6)9-14-12(4)7-11(3)8-15(14)17/h10-15,17H,7-9H2,1-6H3. The maximum absolute atomic E-state index is 10.3. The van der Waals surface area contributed by atoms with Crippen molar-refractivity contribution in [1.82, 2.24) is 4.90 Å². The van der Waals surface area contributed by atoms with E-state index in [1.54, 1.807) is 0 Å². The minimum Gasteiger partial charge on any atom is -0.393 e. The second-order valence-corrected chi connectivity index (χ2v) is 6.71. The van der Waals surface area contributed by atoms with Gasteiger partial charge in [0.05, 0.1) is 6.10 Å². The molecule has 0 aliphatic heterocycles. The van der Waals surface area contributed by atoms with Crippen molar-refractivity contribution >= 4 is 0 Å². The van der Waals surface area contributed by atoms with Crippen molar-refractivity contribution in [2.45, 2.75) is 59.6 Å². The predicted molar refractivity (Wildman–Crippen MR) is 74.0 cm³/mol. The summed E-state index contributed by atoms with van der Waals surface area (Å²) in [6, 6.07) is 0.591. The van der Waals surface area contributed by atoms with E-state index in [0.29, 0.717) is 29.7 Å². The predicted octanol–water partition coefficient (Wildman–Crippen LogP) is 3.01. The Morgan fingerprint density at radius 1 is 1.18 bits per heavy atom. The van der Waals surface area contributed by atoms with Gasteiger partial charge in [0.1, 0.15) is 0 Å². The molecule has 1 rings (SSSR count). The van der Waals surface area contributed by atoms with Crippen LogP contribution in [-0.4, -0.2) is 35.7 Å². The summed E-state index contributed by atoms with van der Waals surface area (Å²) in [5, 5.41) is 10.3. The zero-order valence-corrected chi connectivity index (χ0v) is 12.5. The largest absolute Gasteiger partial charge is 0.393 e. The molecule has 0 saturated heterocycles. The van der Waals surface area contributed by atoms with Gasteiger partial charge in [-0.2, -0.15) is 0 Å². The van der Waals surface area contributed by atoms with Gasteiger partial charge in [-0.3, -0.25) is 0 Å². The van der Waals surface area contributed by atoms with Crippen LogP contribution in [0.4, 0.5) is 0 Å². The number of aliphatic hydroxyl groups excluding tert-OH is 1. The third-order valence-corrected chi connectivity index (χ3v) is 4.80. The van der Waals surface area contributed by atoms with E-state index in [4.69, 9.17) is 0 Å². The molecule has 0 heterocycles. The van der Waals surface area contributed by atoms with Crippen molar-refractivity contribution in [1.29, 1.82) is 0 Å². The number of hydrogen-bond donors (Lipinski definition) is 1. The summed E-state index contributed by atoms with van der Waals surface area (Å²) in [5.41, 5.74) is 0. The fourth-order valence-electron chi connectivity index (χ4n) is 3.18. The minimum atomic E-state index is -0.101. The van der Waals surface area contributed by atoms with Gasteiger partial charge in [0.15, 0.2) is 0 Å². The summed E-state index contributed by atoms with van der Waals surface area (Å²) < 4.78 is 0. The second kappa shape index (κ2) is 6.19. The van der Waals surface area contributed by atoms with Crippen LogP contribution in [0.2, 0.25) is 0 Å². The first kappa shape index (κ1) is 15.0. The van der Waals surface area contributed by atoms with Crippen molar-refractivity contribution < 1.29 is 5.11 Å². The third-order valence-electron chi connectivity index (χ3n) is 4.80. The summed E-state index contributed by atoms with van der Waals surface area (Å²) in [6.45, 7) is 12.4. The highest BCUT2D eigenvalue weighted by molar-refractivity contribution is 4.85. The Bertz CT molecular complexity index is 217. The zero-order chi connectivity index (χ0) is 13.2. The summed E-state index contributed by atoms with van der Waals surface area (Å²) in [7, 11) is 2.20. The maximum atomic E-state index is 10.3. The highest BCUT2D eigenvalue weighted by Gasteiger charge is 2.34. The van der Waals surface area contributed by atoms with Gasteiger partial charge in [-0.1, -0.05) is 27.7 Å². The van der Waals surface area contributed by atoms with Gasteiger partial charge >= 0.3 is 0 Å². The van der Waals surface area contributed by atoms with Gasteiger partial charge in [0, 0.05) is 18.5 Å². The van der Waals surface area contributed by atoms with Gasteiger partial charge in [-0.15, -0.1) is 0 Å². The SMILES string of the molecule is CC1CC(C)C(CN(C)C(C)C(C)C)C(O)C1. The first-order valence-electron chi connectivity index (χ1n) is 7.21. The molecule has 0 bridgehead atoms. The Morgan fingerprint density at radius 3 is 2.24 bits per heavy atom. The van der Waals surface area contributed by atoms with E-state index in [0.717, 1.165) is 13.0 Å². The Labute approximate surface area is 107 Å². The van der Waals surface area contributed by atoms with Gasteiger partial charge in [-0.25, -0.2) is 0 Å². The summed E-state index contributed by atoms with van der Waals surface area (Å²) in [5.74, 6) is 2.46. The normalized spacial score (nSPS) is 36.5. The molecule has 1 fully saturated rings. The smallest absolute Gasteiger partial charge is 0.0585 e. The fraction of sp³-hybridized carbons (Fsp3) is 1.00. The molecule has 2 heteroatoms. The topological polar surface area (TPSA) is 23.5 Å². The molecule has 5 atom stereocenters. The molecular weight excluding hydrogens is 210 g/mol. The average Bonchev–Trinajstić information content (AvgIpc) is 2.21. The van der Waals surface area contributed by atoms with Crippen LogP contribution in [-0.2, 0) is 0 Å².